The summed E-state index contributed by atoms with van der Waals surface area (Å²) in [4.78, 5) is 14.1. The lowest BCUT2D eigenvalue weighted by atomic mass is 9.35. The molecule has 4 aliphatic carbocycles. The number of piperazine rings is 1. The first kappa shape index (κ1) is 33.5. The lowest BCUT2D eigenvalue weighted by Gasteiger charge is -2.71. The van der Waals surface area contributed by atoms with Crippen molar-refractivity contribution < 1.29 is 19.7 Å². The Morgan fingerprint density at radius 1 is 0.814 bits per heavy atom. The lowest BCUT2D eigenvalue weighted by Crippen LogP contribution is -2.68. The van der Waals surface area contributed by atoms with Gasteiger partial charge < -0.3 is 25.6 Å². The van der Waals surface area contributed by atoms with Gasteiger partial charge in [0, 0.05) is 32.2 Å². The SMILES string of the molecule is CN1CCN(C2CCC3(C)C(CCC4(C)C3CC(O)C3C(C5(C)CCCC(C)(C)O5)CCC34C)C2(C)C)CC1.NC(=O)O. The Bertz CT molecular complexity index is 1040. The van der Waals surface area contributed by atoms with E-state index in [9.17, 15) is 5.11 Å². The lowest BCUT2D eigenvalue weighted by molar-refractivity contribution is -0.255. The number of amides is 1. The van der Waals surface area contributed by atoms with Crippen molar-refractivity contribution >= 4 is 6.09 Å². The molecule has 0 radical (unpaired) electrons. The van der Waals surface area contributed by atoms with Crippen molar-refractivity contribution in [1.82, 2.24) is 9.80 Å². The summed E-state index contributed by atoms with van der Waals surface area (Å²) in [6.07, 6.45) is 10.9. The Morgan fingerprint density at radius 2 is 1.42 bits per heavy atom. The number of nitrogens with two attached hydrogens (primary N) is 1. The van der Waals surface area contributed by atoms with E-state index < -0.39 is 6.09 Å². The molecule has 0 aromatic heterocycles. The van der Waals surface area contributed by atoms with Crippen LogP contribution in [0.15, 0.2) is 0 Å². The summed E-state index contributed by atoms with van der Waals surface area (Å²) in [6, 6.07) is 0.702. The van der Waals surface area contributed by atoms with Gasteiger partial charge in [0.15, 0.2) is 0 Å². The fourth-order valence-electron chi connectivity index (χ4n) is 13.1. The van der Waals surface area contributed by atoms with Crippen molar-refractivity contribution in [3.8, 4) is 0 Å². The second kappa shape index (κ2) is 11.1. The van der Waals surface area contributed by atoms with Crippen LogP contribution >= 0.6 is 0 Å². The van der Waals surface area contributed by atoms with Crippen LogP contribution < -0.4 is 5.73 Å². The number of aliphatic hydroxyl groups excluding tert-OH is 1. The first-order valence-corrected chi connectivity index (χ1v) is 17.6. The fraction of sp³-hybridized carbons (Fsp3) is 0.972. The third-order valence-corrected chi connectivity index (χ3v) is 15.1. The van der Waals surface area contributed by atoms with Gasteiger partial charge in [-0.1, -0.05) is 34.6 Å². The summed E-state index contributed by atoms with van der Waals surface area (Å²) in [6.45, 7) is 25.1. The summed E-state index contributed by atoms with van der Waals surface area (Å²) in [5.41, 5.74) is 5.02. The monoisotopic (exact) mass is 603 g/mol. The first-order valence-electron chi connectivity index (χ1n) is 17.6. The second-order valence-electron chi connectivity index (χ2n) is 18.0. The number of likely N-dealkylation sites (N-methyl/N-ethyl adjacent to an activating group) is 1. The molecule has 0 bridgehead atoms. The van der Waals surface area contributed by atoms with E-state index in [1.165, 1.54) is 71.1 Å². The van der Waals surface area contributed by atoms with Gasteiger partial charge >= 0.3 is 6.09 Å². The van der Waals surface area contributed by atoms with Gasteiger partial charge in [-0.25, -0.2) is 4.79 Å². The smallest absolute Gasteiger partial charge is 0.402 e. The van der Waals surface area contributed by atoms with E-state index in [1.807, 2.05) is 0 Å². The molecule has 0 aromatic carbocycles. The number of hydrogen-bond donors (Lipinski definition) is 3. The molecule has 6 aliphatic rings. The van der Waals surface area contributed by atoms with Crippen LogP contribution in [-0.2, 0) is 4.74 Å². The van der Waals surface area contributed by atoms with Gasteiger partial charge in [-0.2, -0.15) is 0 Å². The highest BCUT2D eigenvalue weighted by Crippen LogP contribution is 2.76. The summed E-state index contributed by atoms with van der Waals surface area (Å²) in [5, 5.41) is 19.4. The summed E-state index contributed by atoms with van der Waals surface area (Å²) in [5.74, 6) is 2.20. The van der Waals surface area contributed by atoms with Gasteiger partial charge in [0.25, 0.3) is 0 Å². The van der Waals surface area contributed by atoms with Crippen molar-refractivity contribution in [2.24, 2.45) is 51.1 Å². The molecule has 2 saturated heterocycles. The number of rotatable bonds is 2. The number of ether oxygens (including phenoxy) is 1. The van der Waals surface area contributed by atoms with Gasteiger partial charge in [-0.15, -0.1) is 0 Å². The highest BCUT2D eigenvalue weighted by molar-refractivity contribution is 5.61. The quantitative estimate of drug-likeness (QED) is 0.328. The van der Waals surface area contributed by atoms with Crippen molar-refractivity contribution in [3.63, 3.8) is 0 Å². The minimum absolute atomic E-state index is 0.0441. The number of carbonyl (C=O) groups is 1. The largest absolute Gasteiger partial charge is 0.465 e. The fourth-order valence-corrected chi connectivity index (χ4v) is 13.1. The average Bonchev–Trinajstić information content (AvgIpc) is 3.26. The highest BCUT2D eigenvalue weighted by atomic mass is 16.5. The minimum Gasteiger partial charge on any atom is -0.465 e. The van der Waals surface area contributed by atoms with E-state index in [2.05, 4.69) is 78.0 Å². The van der Waals surface area contributed by atoms with Crippen LogP contribution in [0.4, 0.5) is 4.79 Å². The molecule has 248 valence electrons. The maximum atomic E-state index is 12.2. The normalized spacial score (nSPS) is 49.5. The molecule has 4 saturated carbocycles. The number of fused-ring (bicyclic) bond motifs is 5. The Hall–Kier alpha value is -0.890. The molecule has 1 amide bonds. The second-order valence-corrected chi connectivity index (χ2v) is 18.0. The molecule has 10 atom stereocenters. The first-order chi connectivity index (χ1) is 19.8. The molecule has 0 aromatic rings. The van der Waals surface area contributed by atoms with Crippen molar-refractivity contribution in [1.29, 1.82) is 0 Å². The number of hydrogen-bond acceptors (Lipinski definition) is 5. The van der Waals surface area contributed by atoms with E-state index in [0.29, 0.717) is 40.0 Å². The maximum Gasteiger partial charge on any atom is 0.402 e. The topological polar surface area (TPSA) is 99.3 Å². The van der Waals surface area contributed by atoms with Crippen LogP contribution in [0.2, 0.25) is 0 Å². The molecule has 43 heavy (non-hydrogen) atoms. The van der Waals surface area contributed by atoms with Gasteiger partial charge in [-0.3, -0.25) is 4.90 Å². The van der Waals surface area contributed by atoms with Crippen molar-refractivity contribution in [3.05, 3.63) is 0 Å². The van der Waals surface area contributed by atoms with Gasteiger partial charge in [0.1, 0.15) is 0 Å². The third-order valence-electron chi connectivity index (χ3n) is 15.1. The van der Waals surface area contributed by atoms with Crippen molar-refractivity contribution in [2.45, 2.75) is 143 Å². The summed E-state index contributed by atoms with van der Waals surface area (Å²) >= 11 is 0. The van der Waals surface area contributed by atoms with E-state index in [-0.39, 0.29) is 22.7 Å². The zero-order chi connectivity index (χ0) is 31.8. The molecule has 4 N–H and O–H groups in total. The molecule has 6 rings (SSSR count). The van der Waals surface area contributed by atoms with Crippen LogP contribution in [0, 0.1) is 45.3 Å². The molecule has 7 heteroatoms. The Morgan fingerprint density at radius 3 is 2.02 bits per heavy atom. The van der Waals surface area contributed by atoms with Gasteiger partial charge in [0.05, 0.1) is 17.3 Å². The molecule has 7 nitrogen and oxygen atoms in total. The Kier molecular flexibility index (Phi) is 8.66. The van der Waals surface area contributed by atoms with E-state index in [1.54, 1.807) is 0 Å². The maximum absolute atomic E-state index is 12.2. The predicted octanol–water partition coefficient (Wildman–Crippen LogP) is 6.62. The molecular weight excluding hydrogens is 538 g/mol. The number of carboxylic acid groups (broad SMARTS) is 1. The van der Waals surface area contributed by atoms with E-state index in [4.69, 9.17) is 14.6 Å². The zero-order valence-electron chi connectivity index (χ0n) is 29.0. The van der Waals surface area contributed by atoms with Crippen LogP contribution in [-0.4, -0.2) is 82.7 Å². The predicted molar refractivity (Wildman–Crippen MR) is 173 cm³/mol. The van der Waals surface area contributed by atoms with E-state index in [0.717, 1.165) is 25.2 Å². The van der Waals surface area contributed by atoms with Crippen molar-refractivity contribution in [2.75, 3.05) is 33.2 Å². The molecule has 6 fully saturated rings. The van der Waals surface area contributed by atoms with Crippen LogP contribution in [0.25, 0.3) is 0 Å². The molecule has 0 spiro atoms. The van der Waals surface area contributed by atoms with Gasteiger partial charge in [-0.05, 0) is 137 Å². The number of primary amides is 1. The number of nitrogens with zero attached hydrogens (tertiary/aromatic N) is 2. The highest BCUT2D eigenvalue weighted by Gasteiger charge is 2.71. The standard InChI is InChI=1S/C35H62N2O2.CH3NO2/c1-30(2)14-10-15-35(8,39-30)24-11-17-34(7)29(24)25(38)23-27-32(5)16-13-28(37-21-19-36(9)20-22-37)31(3,4)26(32)12-18-33(27,34)6;2-1(3)4/h24-29,38H,10-23H2,1-9H3;2H2,(H,3,4). The molecule has 10 unspecified atom stereocenters. The number of aliphatic hydroxyl groups is 1. The molecule has 2 heterocycles. The van der Waals surface area contributed by atoms with Crippen LogP contribution in [0.5, 0.6) is 0 Å². The van der Waals surface area contributed by atoms with Gasteiger partial charge in [0.2, 0.25) is 0 Å². The van der Waals surface area contributed by atoms with E-state index >= 15 is 0 Å². The van der Waals surface area contributed by atoms with Crippen LogP contribution in [0.3, 0.4) is 0 Å². The van der Waals surface area contributed by atoms with Crippen LogP contribution in [0.1, 0.15) is 120 Å². The minimum atomic E-state index is -1.33. The average molecular weight is 604 g/mol. The summed E-state index contributed by atoms with van der Waals surface area (Å²) in [7, 11) is 2.28. The Balaban J connectivity index is 0.000000868. The molecule has 2 aliphatic heterocycles. The zero-order valence-corrected chi connectivity index (χ0v) is 29.0. The molecular formula is C36H65N3O4. The third kappa shape index (κ3) is 5.38. The Labute approximate surface area is 262 Å². The summed E-state index contributed by atoms with van der Waals surface area (Å²) < 4.78 is 6.95.